The van der Waals surface area contributed by atoms with Gasteiger partial charge in [-0.15, -0.1) is 0 Å². The lowest BCUT2D eigenvalue weighted by atomic mass is 9.44. The molecule has 4 fully saturated rings. The normalized spacial score (nSPS) is 44.5. The van der Waals surface area contributed by atoms with Gasteiger partial charge in [-0.3, -0.25) is 9.59 Å². The highest BCUT2D eigenvalue weighted by atomic mass is 16.5. The minimum absolute atomic E-state index is 0.0484. The average molecular weight is 330 g/mol. The molecule has 1 aliphatic heterocycles. The number of phenols is 2. The van der Waals surface area contributed by atoms with Gasteiger partial charge in [0, 0.05) is 17.4 Å². The number of hydrogen-bond acceptors (Lipinski definition) is 6. The minimum Gasteiger partial charge on any atom is -0.508 e. The van der Waals surface area contributed by atoms with E-state index in [1.807, 2.05) is 0 Å². The summed E-state index contributed by atoms with van der Waals surface area (Å²) in [4.78, 5) is 25.8. The molecule has 3 N–H and O–H groups in total. The zero-order chi connectivity index (χ0) is 17.0. The summed E-state index contributed by atoms with van der Waals surface area (Å²) in [6, 6.07) is 2.64. The first-order valence-corrected chi connectivity index (χ1v) is 8.30. The van der Waals surface area contributed by atoms with Crippen LogP contribution in [0.4, 0.5) is 0 Å². The Labute approximate surface area is 138 Å². The third kappa shape index (κ3) is 1.17. The fourth-order valence-corrected chi connectivity index (χ4v) is 6.22. The molecule has 6 heteroatoms. The second-order valence-electron chi connectivity index (χ2n) is 7.61. The number of aliphatic hydroxyl groups excluding tert-OH is 1. The highest BCUT2D eigenvalue weighted by Crippen LogP contribution is 2.73. The number of carbonyl (C=O) groups is 2. The maximum absolute atomic E-state index is 13.2. The van der Waals surface area contributed by atoms with E-state index in [4.69, 9.17) is 4.74 Å². The summed E-state index contributed by atoms with van der Waals surface area (Å²) in [5.41, 5.74) is -1.96. The Bertz CT molecular complexity index is 816. The van der Waals surface area contributed by atoms with Crippen LogP contribution in [0.2, 0.25) is 0 Å². The van der Waals surface area contributed by atoms with E-state index in [2.05, 4.69) is 0 Å². The van der Waals surface area contributed by atoms with Gasteiger partial charge in [0.05, 0.1) is 29.6 Å². The van der Waals surface area contributed by atoms with Gasteiger partial charge in [0.25, 0.3) is 0 Å². The molecule has 6 atom stereocenters. The topological polar surface area (TPSA) is 104 Å². The molecular weight excluding hydrogens is 312 g/mol. The fraction of sp³-hybridized carbons (Fsp3) is 0.556. The lowest BCUT2D eigenvalue weighted by Crippen LogP contribution is -2.67. The van der Waals surface area contributed by atoms with Crippen LogP contribution in [0.25, 0.3) is 0 Å². The number of benzene rings is 1. The van der Waals surface area contributed by atoms with Crippen LogP contribution in [-0.2, 0) is 15.1 Å². The van der Waals surface area contributed by atoms with Crippen LogP contribution in [0.15, 0.2) is 12.1 Å². The van der Waals surface area contributed by atoms with Crippen LogP contribution < -0.4 is 0 Å². The zero-order valence-electron chi connectivity index (χ0n) is 13.2. The molecule has 1 heterocycles. The van der Waals surface area contributed by atoms with Crippen molar-refractivity contribution in [2.45, 2.75) is 31.5 Å². The van der Waals surface area contributed by atoms with Crippen LogP contribution in [0, 0.1) is 23.2 Å². The molecule has 1 aromatic carbocycles. The number of Topliss-reactive ketones (excluding diaryl/α,β-unsaturated/α-hetero) is 2. The molecule has 0 aromatic heterocycles. The molecule has 0 radical (unpaired) electrons. The molecule has 5 aliphatic rings. The summed E-state index contributed by atoms with van der Waals surface area (Å²) in [6.45, 7) is 1.66. The number of rotatable bonds is 1. The van der Waals surface area contributed by atoms with Crippen molar-refractivity contribution < 1.29 is 29.6 Å². The van der Waals surface area contributed by atoms with Gasteiger partial charge in [-0.2, -0.15) is 0 Å². The predicted molar refractivity (Wildman–Crippen MR) is 80.6 cm³/mol. The number of carbonyl (C=O) groups excluding carboxylic acids is 2. The molecular formula is C18H18O6. The summed E-state index contributed by atoms with van der Waals surface area (Å²) >= 11 is 0. The highest BCUT2D eigenvalue weighted by Gasteiger charge is 2.79. The number of ether oxygens (including phenoxy) is 1. The zero-order valence-corrected chi connectivity index (χ0v) is 13.2. The monoisotopic (exact) mass is 330 g/mol. The summed E-state index contributed by atoms with van der Waals surface area (Å²) in [5, 5.41) is 31.6. The molecule has 1 spiro atoms. The van der Waals surface area contributed by atoms with Crippen molar-refractivity contribution in [3.05, 3.63) is 23.3 Å². The van der Waals surface area contributed by atoms with Crippen LogP contribution in [0.3, 0.4) is 0 Å². The Balaban J connectivity index is 1.89. The standard InChI is InChI=1S/C18H18O6/c1-7(19)17-5-4-9-8(16(17)23)6-24-18(9)13-11(21)3-2-10(20)12(13)14(22)15(17)18/h2-3,8-9,15-16,20-21,23H,4-6H2,1H3/t8?,9-,15+,16+,17+,18-/m0/s1. The molecule has 6 nitrogen and oxygen atoms in total. The van der Waals surface area contributed by atoms with E-state index in [9.17, 15) is 24.9 Å². The molecule has 24 heavy (non-hydrogen) atoms. The molecule has 0 amide bonds. The van der Waals surface area contributed by atoms with Gasteiger partial charge in [-0.1, -0.05) is 0 Å². The quantitative estimate of drug-likeness (QED) is 0.667. The molecule has 1 aromatic rings. The second-order valence-corrected chi connectivity index (χ2v) is 7.61. The van der Waals surface area contributed by atoms with E-state index in [1.165, 1.54) is 19.1 Å². The van der Waals surface area contributed by atoms with Gasteiger partial charge >= 0.3 is 0 Å². The lowest BCUT2D eigenvalue weighted by molar-refractivity contribution is -0.196. The van der Waals surface area contributed by atoms with E-state index >= 15 is 0 Å². The largest absolute Gasteiger partial charge is 0.508 e. The second kappa shape index (κ2) is 4.00. The number of ketones is 2. The maximum Gasteiger partial charge on any atom is 0.174 e. The number of phenolic OH excluding ortho intramolecular Hbond substituents is 2. The summed E-state index contributed by atoms with van der Waals surface area (Å²) in [6.07, 6.45) is 0.151. The van der Waals surface area contributed by atoms with Crippen molar-refractivity contribution in [3.63, 3.8) is 0 Å². The molecule has 126 valence electrons. The first kappa shape index (κ1) is 14.4. The summed E-state index contributed by atoms with van der Waals surface area (Å²) in [7, 11) is 0. The Morgan fingerprint density at radius 1 is 1.29 bits per heavy atom. The third-order valence-electron chi connectivity index (χ3n) is 7.04. The van der Waals surface area contributed by atoms with E-state index in [0.29, 0.717) is 18.4 Å². The van der Waals surface area contributed by atoms with Gasteiger partial charge in [0.1, 0.15) is 22.9 Å². The highest BCUT2D eigenvalue weighted by molar-refractivity contribution is 6.10. The van der Waals surface area contributed by atoms with Crippen molar-refractivity contribution in [2.24, 2.45) is 23.2 Å². The van der Waals surface area contributed by atoms with Crippen LogP contribution in [0.5, 0.6) is 11.5 Å². The van der Waals surface area contributed by atoms with Crippen molar-refractivity contribution in [3.8, 4) is 11.5 Å². The maximum atomic E-state index is 13.2. The number of aromatic hydroxyl groups is 2. The van der Waals surface area contributed by atoms with Gasteiger partial charge < -0.3 is 20.1 Å². The van der Waals surface area contributed by atoms with E-state index in [1.54, 1.807) is 0 Å². The Morgan fingerprint density at radius 3 is 2.71 bits per heavy atom. The van der Waals surface area contributed by atoms with Gasteiger partial charge in [0.2, 0.25) is 0 Å². The van der Waals surface area contributed by atoms with Crippen molar-refractivity contribution >= 4 is 11.6 Å². The Hall–Kier alpha value is -1.92. The average Bonchev–Trinajstić information content (AvgIpc) is 3.03. The molecule has 4 aliphatic carbocycles. The summed E-state index contributed by atoms with van der Waals surface area (Å²) < 4.78 is 6.10. The first-order chi connectivity index (χ1) is 11.4. The smallest absolute Gasteiger partial charge is 0.174 e. The number of aliphatic hydroxyl groups is 1. The van der Waals surface area contributed by atoms with E-state index < -0.39 is 28.8 Å². The van der Waals surface area contributed by atoms with Crippen LogP contribution >= 0.6 is 0 Å². The summed E-state index contributed by atoms with van der Waals surface area (Å²) in [5.74, 6) is -2.20. The van der Waals surface area contributed by atoms with Crippen LogP contribution in [-0.4, -0.2) is 39.6 Å². The minimum atomic E-state index is -1.20. The fourth-order valence-electron chi connectivity index (χ4n) is 6.22. The number of hydrogen-bond donors (Lipinski definition) is 3. The molecule has 1 saturated heterocycles. The SMILES string of the molecule is CC(=O)[C@]12CC[C@H]3C(CO[C@]34c3c(O)ccc(O)c3C(=O)[C@H]14)[C@H]2O. The molecule has 6 rings (SSSR count). The molecule has 1 unspecified atom stereocenters. The van der Waals surface area contributed by atoms with Crippen molar-refractivity contribution in [1.29, 1.82) is 0 Å². The lowest BCUT2D eigenvalue weighted by Gasteiger charge is -2.58. The van der Waals surface area contributed by atoms with E-state index in [0.717, 1.165) is 0 Å². The van der Waals surface area contributed by atoms with Gasteiger partial charge in [-0.05, 0) is 31.9 Å². The van der Waals surface area contributed by atoms with Crippen LogP contribution in [0.1, 0.15) is 35.7 Å². The Morgan fingerprint density at radius 2 is 2.00 bits per heavy atom. The predicted octanol–water partition coefficient (Wildman–Crippen LogP) is 1.11. The first-order valence-electron chi connectivity index (χ1n) is 8.30. The third-order valence-corrected chi connectivity index (χ3v) is 7.04. The molecule has 3 saturated carbocycles. The van der Waals surface area contributed by atoms with Gasteiger partial charge in [-0.25, -0.2) is 0 Å². The van der Waals surface area contributed by atoms with Crippen molar-refractivity contribution in [1.82, 2.24) is 0 Å². The molecule has 4 bridgehead atoms. The number of fused-ring (bicyclic) bond motifs is 2. The van der Waals surface area contributed by atoms with Gasteiger partial charge in [0.15, 0.2) is 5.78 Å². The van der Waals surface area contributed by atoms with E-state index in [-0.39, 0.29) is 41.3 Å². The Kier molecular flexibility index (Phi) is 2.41. The van der Waals surface area contributed by atoms with Crippen molar-refractivity contribution in [2.75, 3.05) is 6.61 Å².